The number of H-pyrrole nitrogens is 1. The first kappa shape index (κ1) is 21.5. The maximum atomic E-state index is 13.6. The van der Waals surface area contributed by atoms with Crippen molar-refractivity contribution < 1.29 is 19.5 Å². The molecule has 1 atom stereocenters. The maximum Gasteiger partial charge on any atom is 0.258 e. The summed E-state index contributed by atoms with van der Waals surface area (Å²) in [5.41, 5.74) is 2.39. The lowest BCUT2D eigenvalue weighted by Gasteiger charge is -2.25. The van der Waals surface area contributed by atoms with Gasteiger partial charge in [-0.3, -0.25) is 19.5 Å². The zero-order chi connectivity index (χ0) is 23.0. The molecule has 1 unspecified atom stereocenters. The van der Waals surface area contributed by atoms with E-state index in [1.54, 1.807) is 0 Å². The molecule has 166 valence electrons. The summed E-state index contributed by atoms with van der Waals surface area (Å²) in [6, 6.07) is 9.51. The largest absolute Gasteiger partial charge is 0.507 e. The summed E-state index contributed by atoms with van der Waals surface area (Å²) >= 11 is 0. The molecule has 8 heteroatoms. The molecule has 4 rings (SSSR count). The molecule has 8 nitrogen and oxygen atoms in total. The Morgan fingerprint density at radius 1 is 1.25 bits per heavy atom. The molecule has 1 aliphatic heterocycles. The summed E-state index contributed by atoms with van der Waals surface area (Å²) in [5.74, 6) is -0.972. The number of aromatic nitrogens is 2. The molecule has 0 saturated heterocycles. The Bertz CT molecular complexity index is 1210. The van der Waals surface area contributed by atoms with E-state index >= 15 is 0 Å². The van der Waals surface area contributed by atoms with Crippen LogP contribution in [0.2, 0.25) is 0 Å². The van der Waals surface area contributed by atoms with Gasteiger partial charge in [0.05, 0.1) is 11.1 Å². The number of fused-ring (bicyclic) bond motifs is 2. The molecule has 0 radical (unpaired) electrons. The Morgan fingerprint density at radius 3 is 2.72 bits per heavy atom. The van der Waals surface area contributed by atoms with Crippen LogP contribution in [0.15, 0.2) is 36.4 Å². The quantitative estimate of drug-likeness (QED) is 0.515. The fourth-order valence-corrected chi connectivity index (χ4v) is 4.19. The van der Waals surface area contributed by atoms with Gasteiger partial charge < -0.3 is 15.3 Å². The molecule has 1 aliphatic rings. The van der Waals surface area contributed by atoms with Crippen molar-refractivity contribution in [2.75, 3.05) is 6.54 Å². The number of carbonyl (C=O) groups is 3. The first-order chi connectivity index (χ1) is 15.3. The highest BCUT2D eigenvalue weighted by molar-refractivity contribution is 6.09. The molecule has 2 heterocycles. The van der Waals surface area contributed by atoms with Crippen molar-refractivity contribution in [1.82, 2.24) is 20.4 Å². The summed E-state index contributed by atoms with van der Waals surface area (Å²) in [6.07, 6.45) is 0.324. The van der Waals surface area contributed by atoms with Crippen molar-refractivity contribution in [3.8, 4) is 5.75 Å². The van der Waals surface area contributed by atoms with Gasteiger partial charge in [0.2, 0.25) is 5.91 Å². The van der Waals surface area contributed by atoms with Gasteiger partial charge in [-0.15, -0.1) is 0 Å². The maximum absolute atomic E-state index is 13.6. The predicted molar refractivity (Wildman–Crippen MR) is 119 cm³/mol. The number of aromatic hydroxyl groups is 1. The number of hydrogen-bond acceptors (Lipinski definition) is 5. The topological polar surface area (TPSA) is 115 Å². The Labute approximate surface area is 185 Å². The number of nitrogens with one attached hydrogen (secondary N) is 2. The van der Waals surface area contributed by atoms with Gasteiger partial charge in [-0.25, -0.2) is 0 Å². The van der Waals surface area contributed by atoms with E-state index < -0.39 is 11.9 Å². The lowest BCUT2D eigenvalue weighted by Crippen LogP contribution is -2.39. The van der Waals surface area contributed by atoms with Crippen molar-refractivity contribution in [2.24, 2.45) is 5.92 Å². The molecule has 0 saturated carbocycles. The van der Waals surface area contributed by atoms with Gasteiger partial charge >= 0.3 is 0 Å². The molecular formula is C24H26N4O4. The second kappa shape index (κ2) is 8.45. The number of phenolic OH excluding ortho intramolecular Hbond substituents is 1. The zero-order valence-corrected chi connectivity index (χ0v) is 18.3. The number of hydrogen-bond donors (Lipinski definition) is 3. The van der Waals surface area contributed by atoms with Gasteiger partial charge in [-0.05, 0) is 30.0 Å². The van der Waals surface area contributed by atoms with Crippen molar-refractivity contribution in [3.05, 3.63) is 58.8 Å². The van der Waals surface area contributed by atoms with Gasteiger partial charge in [-0.2, -0.15) is 5.10 Å². The third kappa shape index (κ3) is 3.72. The standard InChI is InChI=1S/C24H26N4O4/c1-4-25-23(31)22-15-8-6-5-7-14(15)12-28(22)24(32)17-10-16-18(11-19(17)29)26-27-21(16)20(30)9-13(2)3/h5-8,10-11,13,22,29H,4,9,12H2,1-3H3,(H,25,31)(H,26,27). The third-order valence-corrected chi connectivity index (χ3v) is 5.63. The van der Waals surface area contributed by atoms with Gasteiger partial charge in [0.15, 0.2) is 5.78 Å². The summed E-state index contributed by atoms with van der Waals surface area (Å²) < 4.78 is 0. The van der Waals surface area contributed by atoms with Crippen molar-refractivity contribution in [2.45, 2.75) is 39.8 Å². The average Bonchev–Trinajstić information content (AvgIpc) is 3.33. The minimum Gasteiger partial charge on any atom is -0.507 e. The number of likely N-dealkylation sites (N-methyl/N-ethyl adjacent to an activating group) is 1. The highest BCUT2D eigenvalue weighted by Gasteiger charge is 2.39. The third-order valence-electron chi connectivity index (χ3n) is 5.63. The summed E-state index contributed by atoms with van der Waals surface area (Å²) in [5, 5.41) is 20.7. The van der Waals surface area contributed by atoms with Crippen LogP contribution in [0.4, 0.5) is 0 Å². The number of carbonyl (C=O) groups excluding carboxylic acids is 3. The molecule has 0 spiro atoms. The summed E-state index contributed by atoms with van der Waals surface area (Å²) in [6.45, 7) is 6.39. The van der Waals surface area contributed by atoms with E-state index in [1.165, 1.54) is 17.0 Å². The Hall–Kier alpha value is -3.68. The van der Waals surface area contributed by atoms with Gasteiger partial charge in [0, 0.05) is 31.0 Å². The fraction of sp³-hybridized carbons (Fsp3) is 0.333. The second-order valence-electron chi connectivity index (χ2n) is 8.44. The first-order valence-electron chi connectivity index (χ1n) is 10.7. The van der Waals surface area contributed by atoms with Crippen molar-refractivity contribution >= 4 is 28.5 Å². The van der Waals surface area contributed by atoms with Crippen LogP contribution in [-0.2, 0) is 11.3 Å². The summed E-state index contributed by atoms with van der Waals surface area (Å²) in [7, 11) is 0. The predicted octanol–water partition coefficient (Wildman–Crippen LogP) is 3.33. The molecule has 1 aromatic heterocycles. The number of rotatable bonds is 6. The van der Waals surface area contributed by atoms with Crippen molar-refractivity contribution in [1.29, 1.82) is 0 Å². The fourth-order valence-electron chi connectivity index (χ4n) is 4.19. The highest BCUT2D eigenvalue weighted by Crippen LogP contribution is 2.37. The molecule has 0 bridgehead atoms. The number of ketones is 1. The first-order valence-corrected chi connectivity index (χ1v) is 10.7. The number of aromatic amines is 1. The highest BCUT2D eigenvalue weighted by atomic mass is 16.3. The number of nitrogens with zero attached hydrogens (tertiary/aromatic N) is 2. The Balaban J connectivity index is 1.75. The molecule has 32 heavy (non-hydrogen) atoms. The molecule has 2 aromatic carbocycles. The van der Waals surface area contributed by atoms with Gasteiger partial charge in [0.1, 0.15) is 17.5 Å². The van der Waals surface area contributed by atoms with Crippen LogP contribution in [0.25, 0.3) is 10.9 Å². The molecule has 0 fully saturated rings. The van der Waals surface area contributed by atoms with Crippen LogP contribution < -0.4 is 5.32 Å². The van der Waals surface area contributed by atoms with Gasteiger partial charge in [-0.1, -0.05) is 38.1 Å². The molecule has 3 aromatic rings. The average molecular weight is 434 g/mol. The van der Waals surface area contributed by atoms with E-state index in [-0.39, 0.29) is 41.2 Å². The van der Waals surface area contributed by atoms with E-state index in [0.29, 0.717) is 23.9 Å². The smallest absolute Gasteiger partial charge is 0.258 e. The minimum atomic E-state index is -0.792. The van der Waals surface area contributed by atoms with Crippen molar-refractivity contribution in [3.63, 3.8) is 0 Å². The van der Waals surface area contributed by atoms with Crippen LogP contribution >= 0.6 is 0 Å². The van der Waals surface area contributed by atoms with Crippen LogP contribution in [0.5, 0.6) is 5.75 Å². The van der Waals surface area contributed by atoms with E-state index in [9.17, 15) is 19.5 Å². The van der Waals surface area contributed by atoms with Crippen LogP contribution in [0, 0.1) is 5.92 Å². The molecule has 3 N–H and O–H groups in total. The molecule has 0 aliphatic carbocycles. The number of Topliss-reactive ketones (excluding diaryl/α,β-unsaturated/α-hetero) is 1. The van der Waals surface area contributed by atoms with E-state index in [2.05, 4.69) is 15.5 Å². The van der Waals surface area contributed by atoms with Gasteiger partial charge in [0.25, 0.3) is 5.91 Å². The van der Waals surface area contributed by atoms with Crippen LogP contribution in [0.1, 0.15) is 65.2 Å². The number of amides is 2. The van der Waals surface area contributed by atoms with E-state index in [4.69, 9.17) is 0 Å². The zero-order valence-electron chi connectivity index (χ0n) is 18.3. The Morgan fingerprint density at radius 2 is 2.00 bits per heavy atom. The lowest BCUT2D eigenvalue weighted by molar-refractivity contribution is -0.125. The Kier molecular flexibility index (Phi) is 5.69. The van der Waals surface area contributed by atoms with Crippen LogP contribution in [0.3, 0.4) is 0 Å². The van der Waals surface area contributed by atoms with E-state index in [1.807, 2.05) is 45.0 Å². The summed E-state index contributed by atoms with van der Waals surface area (Å²) in [4.78, 5) is 40.5. The number of phenols is 1. The normalized spacial score (nSPS) is 15.2. The lowest BCUT2D eigenvalue weighted by atomic mass is 10.0. The number of benzene rings is 2. The second-order valence-corrected chi connectivity index (χ2v) is 8.44. The monoisotopic (exact) mass is 434 g/mol. The van der Waals surface area contributed by atoms with Crippen LogP contribution in [-0.4, -0.2) is 44.3 Å². The SMILES string of the molecule is CCNC(=O)C1c2ccccc2CN1C(=O)c1cc2c(C(=O)CC(C)C)n[nH]c2cc1O. The molecular weight excluding hydrogens is 408 g/mol. The van der Waals surface area contributed by atoms with E-state index in [0.717, 1.165) is 11.1 Å². The molecule has 2 amide bonds. The minimum absolute atomic E-state index is 0.0274.